The fourth-order valence-corrected chi connectivity index (χ4v) is 2.26. The van der Waals surface area contributed by atoms with Crippen molar-refractivity contribution in [1.82, 2.24) is 10.3 Å². The Balaban J connectivity index is 1.79. The van der Waals surface area contributed by atoms with Crippen LogP contribution in [-0.2, 0) is 0 Å². The van der Waals surface area contributed by atoms with Gasteiger partial charge in [-0.3, -0.25) is 4.79 Å². The number of carbonyl (C=O) groups is 1. The molecule has 2 rings (SSSR count). The number of hydrogen-bond acceptors (Lipinski definition) is 4. The number of amides is 1. The highest BCUT2D eigenvalue weighted by Gasteiger charge is 2.13. The number of aromatic nitrogens is 1. The number of hydrogen-bond donors (Lipinski definition) is 2. The fraction of sp³-hybridized carbons (Fsp3) is 0.286. The van der Waals surface area contributed by atoms with E-state index in [1.807, 2.05) is 32.0 Å². The van der Waals surface area contributed by atoms with Gasteiger partial charge in [0.25, 0.3) is 5.91 Å². The molecule has 0 radical (unpaired) electrons. The third-order valence-corrected chi connectivity index (χ3v) is 3.09. The number of anilines is 1. The first-order valence-corrected chi connectivity index (χ1v) is 7.07. The van der Waals surface area contributed by atoms with Crippen LogP contribution in [0, 0.1) is 13.8 Å². The molecule has 0 bridgehead atoms. The number of nitrogens with one attached hydrogen (secondary N) is 2. The summed E-state index contributed by atoms with van der Waals surface area (Å²) >= 11 is 3.20. The molecule has 2 aromatic rings. The number of pyridine rings is 1. The minimum Gasteiger partial charge on any atom is -0.444 e. The van der Waals surface area contributed by atoms with Gasteiger partial charge in [-0.1, -0.05) is 6.07 Å². The Morgan fingerprint density at radius 2 is 2.15 bits per heavy atom. The molecule has 6 heteroatoms. The van der Waals surface area contributed by atoms with Gasteiger partial charge in [0.15, 0.2) is 10.4 Å². The summed E-state index contributed by atoms with van der Waals surface area (Å²) in [5, 5.41) is 5.94. The molecule has 2 N–H and O–H groups in total. The highest BCUT2D eigenvalue weighted by atomic mass is 79.9. The van der Waals surface area contributed by atoms with Gasteiger partial charge in [-0.05, 0) is 48.0 Å². The van der Waals surface area contributed by atoms with Gasteiger partial charge in [0.05, 0.1) is 0 Å². The summed E-state index contributed by atoms with van der Waals surface area (Å²) in [4.78, 5) is 16.2. The predicted molar refractivity (Wildman–Crippen MR) is 80.9 cm³/mol. The highest BCUT2D eigenvalue weighted by Crippen LogP contribution is 2.19. The third-order valence-electron chi connectivity index (χ3n) is 2.70. The zero-order valence-electron chi connectivity index (χ0n) is 11.4. The fourth-order valence-electron chi connectivity index (χ4n) is 1.76. The number of aryl methyl sites for hydroxylation is 2. The van der Waals surface area contributed by atoms with E-state index in [0.29, 0.717) is 23.5 Å². The normalized spacial score (nSPS) is 10.3. The Bertz CT molecular complexity index is 610. The van der Waals surface area contributed by atoms with Gasteiger partial charge in [0, 0.05) is 24.3 Å². The standard InChI is InChI=1S/C14H16BrN3O2/c1-9-8-11(15)20-13(9)14(19)17-7-6-16-12-5-3-4-10(2)18-12/h3-5,8H,6-7H2,1-2H3,(H,16,18)(H,17,19). The molecular weight excluding hydrogens is 322 g/mol. The summed E-state index contributed by atoms with van der Waals surface area (Å²) in [6.07, 6.45) is 0. The van der Waals surface area contributed by atoms with E-state index in [1.54, 1.807) is 6.07 Å². The van der Waals surface area contributed by atoms with Gasteiger partial charge in [0.2, 0.25) is 0 Å². The molecule has 0 unspecified atom stereocenters. The van der Waals surface area contributed by atoms with Crippen LogP contribution in [0.2, 0.25) is 0 Å². The molecule has 2 heterocycles. The van der Waals surface area contributed by atoms with E-state index in [9.17, 15) is 4.79 Å². The maximum atomic E-state index is 11.9. The lowest BCUT2D eigenvalue weighted by Gasteiger charge is -2.07. The summed E-state index contributed by atoms with van der Waals surface area (Å²) in [5.74, 6) is 0.925. The van der Waals surface area contributed by atoms with Gasteiger partial charge in [0.1, 0.15) is 5.82 Å². The Kier molecular flexibility index (Phi) is 4.79. The topological polar surface area (TPSA) is 67.2 Å². The maximum absolute atomic E-state index is 11.9. The lowest BCUT2D eigenvalue weighted by atomic mass is 10.3. The zero-order valence-corrected chi connectivity index (χ0v) is 13.0. The quantitative estimate of drug-likeness (QED) is 0.823. The largest absolute Gasteiger partial charge is 0.444 e. The van der Waals surface area contributed by atoms with Crippen molar-refractivity contribution < 1.29 is 9.21 Å². The Morgan fingerprint density at radius 3 is 2.80 bits per heavy atom. The van der Waals surface area contributed by atoms with Gasteiger partial charge in [-0.15, -0.1) is 0 Å². The van der Waals surface area contributed by atoms with Gasteiger partial charge in [-0.25, -0.2) is 4.98 Å². The number of furan rings is 1. The molecule has 0 atom stereocenters. The van der Waals surface area contributed by atoms with Crippen molar-refractivity contribution in [1.29, 1.82) is 0 Å². The second-order valence-corrected chi connectivity index (χ2v) is 5.19. The number of rotatable bonds is 5. The molecule has 0 aromatic carbocycles. The lowest BCUT2D eigenvalue weighted by molar-refractivity contribution is 0.0925. The molecule has 0 saturated carbocycles. The van der Waals surface area contributed by atoms with Crippen molar-refractivity contribution in [3.8, 4) is 0 Å². The molecule has 2 aromatic heterocycles. The van der Waals surface area contributed by atoms with Crippen LogP contribution in [-0.4, -0.2) is 24.0 Å². The van der Waals surface area contributed by atoms with Crippen molar-refractivity contribution in [3.63, 3.8) is 0 Å². The van der Waals surface area contributed by atoms with Gasteiger partial charge in [-0.2, -0.15) is 0 Å². The Labute approximate surface area is 125 Å². The van der Waals surface area contributed by atoms with E-state index >= 15 is 0 Å². The van der Waals surface area contributed by atoms with E-state index in [0.717, 1.165) is 17.1 Å². The average molecular weight is 338 g/mol. The van der Waals surface area contributed by atoms with E-state index in [-0.39, 0.29) is 5.91 Å². The lowest BCUT2D eigenvalue weighted by Crippen LogP contribution is -2.29. The Morgan fingerprint density at radius 1 is 1.35 bits per heavy atom. The third kappa shape index (κ3) is 3.84. The molecule has 0 spiro atoms. The van der Waals surface area contributed by atoms with Gasteiger partial charge >= 0.3 is 0 Å². The molecule has 106 valence electrons. The molecule has 0 fully saturated rings. The summed E-state index contributed by atoms with van der Waals surface area (Å²) in [5.41, 5.74) is 1.76. The number of halogens is 1. The van der Waals surface area contributed by atoms with Crippen molar-refractivity contribution in [2.45, 2.75) is 13.8 Å². The minimum absolute atomic E-state index is 0.216. The molecule has 0 aliphatic carbocycles. The van der Waals surface area contributed by atoms with Crippen LogP contribution in [0.4, 0.5) is 5.82 Å². The zero-order chi connectivity index (χ0) is 14.5. The van der Waals surface area contributed by atoms with E-state index in [1.165, 1.54) is 0 Å². The van der Waals surface area contributed by atoms with Crippen molar-refractivity contribution in [2.75, 3.05) is 18.4 Å². The van der Waals surface area contributed by atoms with Crippen LogP contribution >= 0.6 is 15.9 Å². The van der Waals surface area contributed by atoms with Crippen molar-refractivity contribution >= 4 is 27.7 Å². The first kappa shape index (κ1) is 14.6. The van der Waals surface area contributed by atoms with Crippen LogP contribution < -0.4 is 10.6 Å². The second-order valence-electron chi connectivity index (χ2n) is 4.41. The summed E-state index contributed by atoms with van der Waals surface area (Å²) in [6, 6.07) is 7.53. The molecule has 0 saturated heterocycles. The maximum Gasteiger partial charge on any atom is 0.287 e. The monoisotopic (exact) mass is 337 g/mol. The van der Waals surface area contributed by atoms with E-state index in [4.69, 9.17) is 4.42 Å². The molecule has 0 aliphatic rings. The van der Waals surface area contributed by atoms with Crippen LogP contribution in [0.15, 0.2) is 33.4 Å². The molecule has 1 amide bonds. The van der Waals surface area contributed by atoms with Crippen LogP contribution in [0.1, 0.15) is 21.8 Å². The van der Waals surface area contributed by atoms with E-state index < -0.39 is 0 Å². The van der Waals surface area contributed by atoms with Gasteiger partial charge < -0.3 is 15.1 Å². The first-order chi connectivity index (χ1) is 9.56. The summed E-state index contributed by atoms with van der Waals surface area (Å²) in [6.45, 7) is 4.86. The molecular formula is C14H16BrN3O2. The minimum atomic E-state index is -0.216. The van der Waals surface area contributed by atoms with Crippen molar-refractivity contribution in [2.24, 2.45) is 0 Å². The second kappa shape index (κ2) is 6.56. The molecule has 20 heavy (non-hydrogen) atoms. The number of nitrogens with zero attached hydrogens (tertiary/aromatic N) is 1. The smallest absolute Gasteiger partial charge is 0.287 e. The van der Waals surface area contributed by atoms with E-state index in [2.05, 4.69) is 31.5 Å². The van der Waals surface area contributed by atoms with Crippen molar-refractivity contribution in [3.05, 3.63) is 46.0 Å². The SMILES string of the molecule is Cc1cccc(NCCNC(=O)c2oc(Br)cc2C)n1. The number of carbonyl (C=O) groups excluding carboxylic acids is 1. The average Bonchev–Trinajstić information content (AvgIpc) is 2.74. The highest BCUT2D eigenvalue weighted by molar-refractivity contribution is 9.10. The first-order valence-electron chi connectivity index (χ1n) is 6.28. The predicted octanol–water partition coefficient (Wildman–Crippen LogP) is 2.90. The van der Waals surface area contributed by atoms with Crippen LogP contribution in [0.3, 0.4) is 0 Å². The summed E-state index contributed by atoms with van der Waals surface area (Å²) < 4.78 is 5.84. The van der Waals surface area contributed by atoms with Crippen LogP contribution in [0.5, 0.6) is 0 Å². The summed E-state index contributed by atoms with van der Waals surface area (Å²) in [7, 11) is 0. The molecule has 0 aliphatic heterocycles. The molecule has 5 nitrogen and oxygen atoms in total. The Hall–Kier alpha value is -1.82. The van der Waals surface area contributed by atoms with Crippen LogP contribution in [0.25, 0.3) is 0 Å².